The second-order valence-corrected chi connectivity index (χ2v) is 10.8. The van der Waals surface area contributed by atoms with Gasteiger partial charge in [0.2, 0.25) is 5.91 Å². The molecule has 0 unspecified atom stereocenters. The first-order valence-electron chi connectivity index (χ1n) is 10.1. The Bertz CT molecular complexity index is 922. The molecule has 2 aromatic heterocycles. The molecular weight excluding hydrogens is 390 g/mol. The van der Waals surface area contributed by atoms with Crippen LogP contribution in [0.1, 0.15) is 44.6 Å². The SMILES string of the molecule is Cc1sc2nc(SCC(=O)N3C[C@H](C)C[C@H](C)C3)n(CC(C)C)c(=O)c2c1C. The maximum Gasteiger partial charge on any atom is 0.263 e. The lowest BCUT2D eigenvalue weighted by molar-refractivity contribution is -0.130. The van der Waals surface area contributed by atoms with Crippen LogP contribution in [0.2, 0.25) is 0 Å². The number of nitrogens with zero attached hydrogens (tertiary/aromatic N) is 3. The number of amides is 1. The van der Waals surface area contributed by atoms with E-state index in [1.54, 1.807) is 15.9 Å². The van der Waals surface area contributed by atoms with Crippen molar-refractivity contribution in [1.29, 1.82) is 0 Å². The van der Waals surface area contributed by atoms with Gasteiger partial charge in [-0.15, -0.1) is 11.3 Å². The van der Waals surface area contributed by atoms with E-state index in [1.807, 2.05) is 18.7 Å². The van der Waals surface area contributed by atoms with Crippen LogP contribution in [0.15, 0.2) is 9.95 Å². The average Bonchev–Trinajstić information content (AvgIpc) is 2.88. The smallest absolute Gasteiger partial charge is 0.263 e. The normalized spacial score (nSPS) is 20.3. The van der Waals surface area contributed by atoms with E-state index in [0.29, 0.717) is 35.2 Å². The maximum absolute atomic E-state index is 13.2. The quantitative estimate of drug-likeness (QED) is 0.533. The zero-order chi connectivity index (χ0) is 20.6. The van der Waals surface area contributed by atoms with Crippen LogP contribution in [-0.2, 0) is 11.3 Å². The monoisotopic (exact) mass is 421 g/mol. The van der Waals surface area contributed by atoms with Crippen molar-refractivity contribution in [3.8, 4) is 0 Å². The summed E-state index contributed by atoms with van der Waals surface area (Å²) >= 11 is 2.97. The molecule has 0 saturated carbocycles. The van der Waals surface area contributed by atoms with Gasteiger partial charge in [0.25, 0.3) is 5.56 Å². The summed E-state index contributed by atoms with van der Waals surface area (Å²) in [6, 6.07) is 0. The van der Waals surface area contributed by atoms with Crippen LogP contribution in [0, 0.1) is 31.6 Å². The van der Waals surface area contributed by atoms with Crippen molar-refractivity contribution in [2.45, 2.75) is 59.7 Å². The summed E-state index contributed by atoms with van der Waals surface area (Å²) < 4.78 is 1.77. The van der Waals surface area contributed by atoms with E-state index in [1.165, 1.54) is 18.2 Å². The summed E-state index contributed by atoms with van der Waals surface area (Å²) in [5, 5.41) is 1.40. The van der Waals surface area contributed by atoms with Gasteiger partial charge in [-0.05, 0) is 43.6 Å². The molecule has 0 aliphatic carbocycles. The van der Waals surface area contributed by atoms with Gasteiger partial charge in [0.15, 0.2) is 5.16 Å². The Morgan fingerprint density at radius 2 is 1.89 bits per heavy atom. The number of hydrogen-bond donors (Lipinski definition) is 0. The van der Waals surface area contributed by atoms with Crippen molar-refractivity contribution in [1.82, 2.24) is 14.5 Å². The first-order valence-corrected chi connectivity index (χ1v) is 11.9. The predicted molar refractivity (Wildman–Crippen MR) is 118 cm³/mol. The first kappa shape index (κ1) is 21.4. The summed E-state index contributed by atoms with van der Waals surface area (Å²) in [4.78, 5) is 34.7. The molecule has 1 amide bonds. The highest BCUT2D eigenvalue weighted by Crippen LogP contribution is 2.29. The largest absolute Gasteiger partial charge is 0.341 e. The maximum atomic E-state index is 13.2. The van der Waals surface area contributed by atoms with Gasteiger partial charge in [-0.25, -0.2) is 4.98 Å². The Hall–Kier alpha value is -1.34. The van der Waals surface area contributed by atoms with Crippen molar-refractivity contribution < 1.29 is 4.79 Å². The molecule has 0 bridgehead atoms. The van der Waals surface area contributed by atoms with Gasteiger partial charge in [-0.2, -0.15) is 0 Å². The molecule has 0 aromatic carbocycles. The topological polar surface area (TPSA) is 55.2 Å². The van der Waals surface area contributed by atoms with Gasteiger partial charge in [-0.1, -0.05) is 39.5 Å². The number of rotatable bonds is 5. The van der Waals surface area contributed by atoms with E-state index in [9.17, 15) is 9.59 Å². The number of thioether (sulfide) groups is 1. The van der Waals surface area contributed by atoms with E-state index >= 15 is 0 Å². The standard InChI is InChI=1S/C21H31N3O2S2/c1-12(2)8-24-20(26)18-15(5)16(6)28-19(18)22-21(24)27-11-17(25)23-9-13(3)7-14(4)10-23/h12-14H,7-11H2,1-6H3/t13-,14+. The number of aryl methyl sites for hydroxylation is 2. The minimum absolute atomic E-state index is 0.0238. The molecule has 154 valence electrons. The minimum atomic E-state index is 0.0238. The number of carbonyl (C=O) groups excluding carboxylic acids is 1. The van der Waals surface area contributed by atoms with Crippen LogP contribution in [0.25, 0.3) is 10.2 Å². The Morgan fingerprint density at radius 3 is 2.50 bits per heavy atom. The van der Waals surface area contributed by atoms with E-state index in [4.69, 9.17) is 4.98 Å². The average molecular weight is 422 g/mol. The summed E-state index contributed by atoms with van der Waals surface area (Å²) in [5.74, 6) is 1.90. The molecule has 2 atom stereocenters. The molecule has 1 aliphatic rings. The van der Waals surface area contributed by atoms with E-state index in [0.717, 1.165) is 33.7 Å². The lowest BCUT2D eigenvalue weighted by Crippen LogP contribution is -2.43. The summed E-state index contributed by atoms with van der Waals surface area (Å²) in [7, 11) is 0. The number of aromatic nitrogens is 2. The predicted octanol–water partition coefficient (Wildman–Crippen LogP) is 4.33. The van der Waals surface area contributed by atoms with Crippen LogP contribution in [0.3, 0.4) is 0 Å². The molecule has 3 heterocycles. The molecule has 7 heteroatoms. The number of carbonyl (C=O) groups is 1. The van der Waals surface area contributed by atoms with Gasteiger partial charge in [0, 0.05) is 24.5 Å². The second-order valence-electron chi connectivity index (χ2n) is 8.70. The number of thiophene rings is 1. The van der Waals surface area contributed by atoms with Gasteiger partial charge in [0.1, 0.15) is 4.83 Å². The molecule has 0 radical (unpaired) electrons. The molecule has 2 aromatic rings. The zero-order valence-corrected chi connectivity index (χ0v) is 19.4. The molecule has 0 N–H and O–H groups in total. The van der Waals surface area contributed by atoms with Gasteiger partial charge in [-0.3, -0.25) is 14.2 Å². The Balaban J connectivity index is 1.87. The van der Waals surface area contributed by atoms with Crippen molar-refractivity contribution in [3.05, 3.63) is 20.8 Å². The Kier molecular flexibility index (Phi) is 6.54. The molecule has 5 nitrogen and oxygen atoms in total. The molecule has 28 heavy (non-hydrogen) atoms. The summed E-state index contributed by atoms with van der Waals surface area (Å²) in [6.07, 6.45) is 1.18. The van der Waals surface area contributed by atoms with Crippen LogP contribution in [0.4, 0.5) is 0 Å². The Morgan fingerprint density at radius 1 is 1.25 bits per heavy atom. The molecule has 1 aliphatic heterocycles. The first-order chi connectivity index (χ1) is 13.2. The van der Waals surface area contributed by atoms with Crippen LogP contribution in [0.5, 0.6) is 0 Å². The van der Waals surface area contributed by atoms with Gasteiger partial charge >= 0.3 is 0 Å². The fourth-order valence-corrected chi connectivity index (χ4v) is 6.01. The van der Waals surface area contributed by atoms with Crippen molar-refractivity contribution in [3.63, 3.8) is 0 Å². The van der Waals surface area contributed by atoms with E-state index in [2.05, 4.69) is 27.7 Å². The van der Waals surface area contributed by atoms with Crippen molar-refractivity contribution in [2.24, 2.45) is 17.8 Å². The third kappa shape index (κ3) is 4.46. The number of piperidine rings is 1. The lowest BCUT2D eigenvalue weighted by Gasteiger charge is -2.35. The van der Waals surface area contributed by atoms with Gasteiger partial charge in [0.05, 0.1) is 11.1 Å². The number of hydrogen-bond acceptors (Lipinski definition) is 5. The summed E-state index contributed by atoms with van der Waals surface area (Å²) in [5.41, 5.74) is 1.05. The molecule has 3 rings (SSSR count). The highest BCUT2D eigenvalue weighted by atomic mass is 32.2. The number of fused-ring (bicyclic) bond motifs is 1. The molecule has 1 fully saturated rings. The lowest BCUT2D eigenvalue weighted by atomic mass is 9.92. The fourth-order valence-electron chi connectivity index (χ4n) is 4.03. The van der Waals surface area contributed by atoms with Gasteiger partial charge < -0.3 is 4.90 Å². The minimum Gasteiger partial charge on any atom is -0.341 e. The second kappa shape index (κ2) is 8.57. The molecule has 1 saturated heterocycles. The fraction of sp³-hybridized carbons (Fsp3) is 0.667. The zero-order valence-electron chi connectivity index (χ0n) is 17.7. The van der Waals surface area contributed by atoms with Crippen LogP contribution >= 0.6 is 23.1 Å². The highest BCUT2D eigenvalue weighted by molar-refractivity contribution is 7.99. The Labute approximate surface area is 175 Å². The van der Waals surface area contributed by atoms with E-state index < -0.39 is 0 Å². The number of likely N-dealkylation sites (tertiary alicyclic amines) is 1. The molecule has 0 spiro atoms. The molecular formula is C21H31N3O2S2. The van der Waals surface area contributed by atoms with Crippen molar-refractivity contribution >= 4 is 39.2 Å². The van der Waals surface area contributed by atoms with E-state index in [-0.39, 0.29) is 11.5 Å². The van der Waals surface area contributed by atoms with Crippen LogP contribution < -0.4 is 5.56 Å². The van der Waals surface area contributed by atoms with Crippen molar-refractivity contribution in [2.75, 3.05) is 18.8 Å². The summed E-state index contributed by atoms with van der Waals surface area (Å²) in [6.45, 7) is 14.9. The van der Waals surface area contributed by atoms with Crippen LogP contribution in [-0.4, -0.2) is 39.2 Å². The third-order valence-electron chi connectivity index (χ3n) is 5.35. The third-order valence-corrected chi connectivity index (χ3v) is 7.41. The highest BCUT2D eigenvalue weighted by Gasteiger charge is 2.26.